The zero-order chi connectivity index (χ0) is 33.5. The number of hydrogen-bond donors (Lipinski definition) is 0. The van der Waals surface area contributed by atoms with Gasteiger partial charge in [0.05, 0.1) is 28.4 Å². The molecule has 0 radical (unpaired) electrons. The van der Waals surface area contributed by atoms with Crippen molar-refractivity contribution in [3.63, 3.8) is 0 Å². The molecule has 8 nitrogen and oxygen atoms in total. The summed E-state index contributed by atoms with van der Waals surface area (Å²) in [4.78, 5) is 4.70. The van der Waals surface area contributed by atoms with Crippen molar-refractivity contribution in [2.45, 2.75) is 45.2 Å². The molecule has 0 aliphatic carbocycles. The molecule has 1 unspecified atom stereocenters. The maximum Gasteiger partial charge on any atom is 0.204 e. The minimum atomic E-state index is 0.139. The third-order valence-electron chi connectivity index (χ3n) is 8.92. The lowest BCUT2D eigenvalue weighted by molar-refractivity contribution is 0.228. The van der Waals surface area contributed by atoms with Crippen molar-refractivity contribution in [2.75, 3.05) is 55.6 Å². The highest BCUT2D eigenvalue weighted by Crippen LogP contribution is 2.48. The Kier molecular flexibility index (Phi) is 11.0. The monoisotopic (exact) mass is 638 g/mol. The van der Waals surface area contributed by atoms with E-state index in [0.29, 0.717) is 46.0 Å². The fourth-order valence-corrected chi connectivity index (χ4v) is 6.39. The summed E-state index contributed by atoms with van der Waals surface area (Å²) in [6.45, 7) is 4.71. The van der Waals surface area contributed by atoms with Crippen molar-refractivity contribution < 1.29 is 28.4 Å². The number of likely N-dealkylation sites (N-methyl/N-ethyl adjacent to an activating group) is 2. The first kappa shape index (κ1) is 33.8. The summed E-state index contributed by atoms with van der Waals surface area (Å²) in [6, 6.07) is 14.7. The van der Waals surface area contributed by atoms with Gasteiger partial charge in [-0.3, -0.25) is 4.90 Å². The van der Waals surface area contributed by atoms with E-state index in [0.717, 1.165) is 50.9 Å². The molecule has 2 aliphatic rings. The van der Waals surface area contributed by atoms with E-state index in [9.17, 15) is 0 Å². The minimum Gasteiger partial charge on any atom is -0.493 e. The molecule has 3 aromatic rings. The molecule has 5 rings (SSSR count). The molecular weight excluding hydrogens is 592 g/mol. The number of fused-ring (bicyclic) bond motifs is 2. The van der Waals surface area contributed by atoms with Gasteiger partial charge < -0.3 is 33.3 Å². The molecule has 8 heteroatoms. The normalized spacial score (nSPS) is 16.9. The second-order valence-electron chi connectivity index (χ2n) is 11.9. The van der Waals surface area contributed by atoms with Crippen molar-refractivity contribution in [1.29, 1.82) is 0 Å². The van der Waals surface area contributed by atoms with Gasteiger partial charge in [-0.15, -0.1) is 6.42 Å². The molecule has 47 heavy (non-hydrogen) atoms. The number of benzene rings is 3. The molecule has 2 aliphatic heterocycles. The lowest BCUT2D eigenvalue weighted by Crippen LogP contribution is -2.33. The molecule has 248 valence electrons. The van der Waals surface area contributed by atoms with E-state index in [1.807, 2.05) is 25.1 Å². The molecule has 0 saturated heterocycles. The van der Waals surface area contributed by atoms with Crippen molar-refractivity contribution in [3.05, 3.63) is 94.0 Å². The molecule has 0 fully saturated rings. The molecule has 0 N–H and O–H groups in total. The predicted molar refractivity (Wildman–Crippen MR) is 185 cm³/mol. The van der Waals surface area contributed by atoms with Gasteiger partial charge in [0.25, 0.3) is 0 Å². The van der Waals surface area contributed by atoms with Gasteiger partial charge >= 0.3 is 0 Å². The average molecular weight is 639 g/mol. The number of allylic oxidation sites excluding steroid dienone is 2. The van der Waals surface area contributed by atoms with E-state index in [-0.39, 0.29) is 6.04 Å². The van der Waals surface area contributed by atoms with Crippen molar-refractivity contribution in [2.24, 2.45) is 0 Å². The Bertz CT molecular complexity index is 1670. The summed E-state index contributed by atoms with van der Waals surface area (Å²) in [5.41, 5.74) is 5.99. The molecule has 3 aromatic carbocycles. The summed E-state index contributed by atoms with van der Waals surface area (Å²) >= 11 is 0. The van der Waals surface area contributed by atoms with Gasteiger partial charge in [0, 0.05) is 37.3 Å². The third-order valence-corrected chi connectivity index (χ3v) is 8.92. The van der Waals surface area contributed by atoms with Crippen LogP contribution in [0.4, 0.5) is 0 Å². The fourth-order valence-electron chi connectivity index (χ4n) is 6.39. The van der Waals surface area contributed by atoms with Crippen LogP contribution in [0.25, 0.3) is 0 Å². The molecule has 0 aromatic heterocycles. The Labute approximate surface area is 279 Å². The predicted octanol–water partition coefficient (Wildman–Crippen LogP) is 7.10. The number of ether oxygens (including phenoxy) is 6. The maximum absolute atomic E-state index is 6.81. The van der Waals surface area contributed by atoms with E-state index in [1.165, 1.54) is 22.3 Å². The van der Waals surface area contributed by atoms with Crippen molar-refractivity contribution in [1.82, 2.24) is 9.80 Å². The molecule has 1 atom stereocenters. The second kappa shape index (κ2) is 15.3. The molecular formula is C39H46N2O6. The highest BCUT2D eigenvalue weighted by Gasteiger charge is 2.30. The average Bonchev–Trinajstić information content (AvgIpc) is 3.08. The number of terminal acetylenes is 1. The quantitative estimate of drug-likeness (QED) is 0.118. The number of hydrogen-bond acceptors (Lipinski definition) is 8. The van der Waals surface area contributed by atoms with Gasteiger partial charge in [-0.1, -0.05) is 25.0 Å². The summed E-state index contributed by atoms with van der Waals surface area (Å²) in [5, 5.41) is 0. The van der Waals surface area contributed by atoms with E-state index in [1.54, 1.807) is 34.5 Å². The van der Waals surface area contributed by atoms with Crippen LogP contribution in [-0.4, -0.2) is 65.4 Å². The van der Waals surface area contributed by atoms with E-state index in [2.05, 4.69) is 60.1 Å². The smallest absolute Gasteiger partial charge is 0.204 e. The Morgan fingerprint density at radius 2 is 1.60 bits per heavy atom. The maximum atomic E-state index is 6.81. The van der Waals surface area contributed by atoms with Gasteiger partial charge in [0.2, 0.25) is 5.75 Å². The Morgan fingerprint density at radius 3 is 2.26 bits per heavy atom. The van der Waals surface area contributed by atoms with E-state index in [4.69, 9.17) is 34.8 Å². The first-order valence-electron chi connectivity index (χ1n) is 16.1. The SMILES string of the molecule is C#C/C=C(OC)\C(=C/CC)Oc1ccc(CC2c3cc(Oc4c5c(cc(OC)c4OC)CCN(C)C5)c(OC)cc3CCN2C)cc1. The fraction of sp³-hybridized carbons (Fsp3) is 0.385. The molecule has 2 heterocycles. The second-order valence-corrected chi connectivity index (χ2v) is 11.9. The zero-order valence-corrected chi connectivity index (χ0v) is 28.6. The topological polar surface area (TPSA) is 61.9 Å². The van der Waals surface area contributed by atoms with Crippen LogP contribution in [0, 0.1) is 12.3 Å². The number of rotatable bonds is 12. The zero-order valence-electron chi connectivity index (χ0n) is 28.6. The van der Waals surface area contributed by atoms with Crippen LogP contribution in [0.15, 0.2) is 66.1 Å². The largest absolute Gasteiger partial charge is 0.493 e. The highest BCUT2D eigenvalue weighted by atomic mass is 16.5. The summed E-state index contributed by atoms with van der Waals surface area (Å²) in [7, 11) is 10.9. The van der Waals surface area contributed by atoms with Crippen molar-refractivity contribution >= 4 is 0 Å². The lowest BCUT2D eigenvalue weighted by atomic mass is 9.88. The molecule has 0 saturated carbocycles. The van der Waals surface area contributed by atoms with Crippen LogP contribution in [0.1, 0.15) is 47.2 Å². The van der Waals surface area contributed by atoms with Gasteiger partial charge in [-0.05, 0) is 98.4 Å². The summed E-state index contributed by atoms with van der Waals surface area (Å²) in [5.74, 6) is 7.63. The van der Waals surface area contributed by atoms with Gasteiger partial charge in [0.15, 0.2) is 34.5 Å². The first-order valence-corrected chi connectivity index (χ1v) is 16.1. The molecule has 0 bridgehead atoms. The molecule has 0 amide bonds. The number of nitrogens with zero attached hydrogens (tertiary/aromatic N) is 2. The van der Waals surface area contributed by atoms with Crippen molar-refractivity contribution in [3.8, 4) is 46.8 Å². The molecule has 0 spiro atoms. The van der Waals surface area contributed by atoms with Gasteiger partial charge in [-0.2, -0.15) is 0 Å². The van der Waals surface area contributed by atoms with Gasteiger partial charge in [-0.25, -0.2) is 0 Å². The number of methoxy groups -OCH3 is 4. The van der Waals surface area contributed by atoms with Crippen LogP contribution in [0.2, 0.25) is 0 Å². The van der Waals surface area contributed by atoms with Crippen LogP contribution in [-0.2, 0) is 30.5 Å². The lowest BCUT2D eigenvalue weighted by Gasteiger charge is -2.35. The van der Waals surface area contributed by atoms with Crippen LogP contribution < -0.4 is 23.7 Å². The van der Waals surface area contributed by atoms with Gasteiger partial charge in [0.1, 0.15) is 5.75 Å². The van der Waals surface area contributed by atoms with E-state index >= 15 is 0 Å². The summed E-state index contributed by atoms with van der Waals surface area (Å²) in [6.07, 6.45) is 12.4. The Hall–Kier alpha value is -4.58. The minimum absolute atomic E-state index is 0.139. The van der Waals surface area contributed by atoms with E-state index < -0.39 is 0 Å². The van der Waals surface area contributed by atoms with Crippen LogP contribution in [0.3, 0.4) is 0 Å². The van der Waals surface area contributed by atoms with Crippen LogP contribution in [0.5, 0.6) is 34.5 Å². The standard InChI is InChI=1S/C39H46N2O6/c1-9-11-33(42-5)34(12-10-2)46-29-15-13-26(14-16-29)21-32-30-24-36(35(43-6)22-27(30)18-20-41(32)4)47-38-31-25-40(3)19-17-28(31)23-37(44-7)39(38)45-8/h1,11-16,22-24,32H,10,17-21,25H2,2-8H3/b33-11+,34-12+. The van der Waals surface area contributed by atoms with Crippen LogP contribution >= 0.6 is 0 Å². The first-order chi connectivity index (χ1) is 22.8. The Balaban J connectivity index is 1.46. The third kappa shape index (κ3) is 7.38. The highest BCUT2D eigenvalue weighted by molar-refractivity contribution is 5.62. The summed E-state index contributed by atoms with van der Waals surface area (Å²) < 4.78 is 35.9. The Morgan fingerprint density at radius 1 is 0.872 bits per heavy atom.